The van der Waals surface area contributed by atoms with E-state index in [1.165, 1.54) is 0 Å². The Morgan fingerprint density at radius 3 is 2.88 bits per heavy atom. The van der Waals surface area contributed by atoms with E-state index in [-0.39, 0.29) is 11.2 Å². The van der Waals surface area contributed by atoms with Crippen molar-refractivity contribution in [3.05, 3.63) is 28.2 Å². The summed E-state index contributed by atoms with van der Waals surface area (Å²) in [6.45, 7) is 3.94. The number of halogens is 1. The fraction of sp³-hybridized carbons (Fsp3) is 0.273. The van der Waals surface area contributed by atoms with Gasteiger partial charge in [-0.25, -0.2) is 0 Å². The highest BCUT2D eigenvalue weighted by Gasteiger charge is 2.04. The molecular formula is C11H14BrN3OS. The van der Waals surface area contributed by atoms with Crippen LogP contribution < -0.4 is 15.9 Å². The van der Waals surface area contributed by atoms with E-state index in [1.807, 2.05) is 32.0 Å². The number of nitrogens with one attached hydrogen (secondary N) is 1. The van der Waals surface area contributed by atoms with E-state index in [1.54, 1.807) is 6.21 Å². The van der Waals surface area contributed by atoms with Crippen molar-refractivity contribution in [3.8, 4) is 5.75 Å². The normalized spacial score (nSPS) is 10.8. The van der Waals surface area contributed by atoms with E-state index in [4.69, 9.17) is 10.5 Å². The predicted octanol–water partition coefficient (Wildman–Crippen LogP) is 2.40. The molecule has 6 heteroatoms. The molecule has 0 amide bonds. The highest BCUT2D eigenvalue weighted by Crippen LogP contribution is 2.22. The van der Waals surface area contributed by atoms with Gasteiger partial charge in [0.05, 0.1) is 12.3 Å². The van der Waals surface area contributed by atoms with Gasteiger partial charge in [-0.2, -0.15) is 5.10 Å². The third-order valence-electron chi connectivity index (χ3n) is 1.71. The van der Waals surface area contributed by atoms with Crippen LogP contribution in [0.25, 0.3) is 0 Å². The van der Waals surface area contributed by atoms with E-state index in [0.29, 0.717) is 0 Å². The number of nitrogens with zero attached hydrogens (tertiary/aromatic N) is 1. The van der Waals surface area contributed by atoms with Crippen LogP contribution in [-0.2, 0) is 0 Å². The van der Waals surface area contributed by atoms with Gasteiger partial charge in [0.2, 0.25) is 0 Å². The van der Waals surface area contributed by atoms with Crippen LogP contribution in [0.1, 0.15) is 19.4 Å². The zero-order valence-electron chi connectivity index (χ0n) is 9.61. The van der Waals surface area contributed by atoms with Crippen molar-refractivity contribution in [3.63, 3.8) is 0 Å². The van der Waals surface area contributed by atoms with Gasteiger partial charge >= 0.3 is 0 Å². The predicted molar refractivity (Wildman–Crippen MR) is 77.4 cm³/mol. The number of hydrogen-bond donors (Lipinski definition) is 2. The summed E-state index contributed by atoms with van der Waals surface area (Å²) in [6.07, 6.45) is 1.72. The zero-order chi connectivity index (χ0) is 12.8. The summed E-state index contributed by atoms with van der Waals surface area (Å²) in [6, 6.07) is 5.70. The second kappa shape index (κ2) is 6.56. The van der Waals surface area contributed by atoms with Gasteiger partial charge in [-0.15, -0.1) is 0 Å². The number of hydrogen-bond acceptors (Lipinski definition) is 3. The van der Waals surface area contributed by atoms with Gasteiger partial charge in [-0.1, -0.05) is 15.9 Å². The van der Waals surface area contributed by atoms with Crippen LogP contribution in [0.2, 0.25) is 0 Å². The molecule has 4 nitrogen and oxygen atoms in total. The number of benzene rings is 1. The molecule has 1 aromatic rings. The molecule has 0 aliphatic rings. The van der Waals surface area contributed by atoms with E-state index in [2.05, 4.69) is 38.7 Å². The van der Waals surface area contributed by atoms with Crippen molar-refractivity contribution in [1.82, 2.24) is 5.43 Å². The first-order valence-corrected chi connectivity index (χ1v) is 6.24. The number of thiocarbonyl (C=S) groups is 1. The molecule has 0 heterocycles. The Bertz CT molecular complexity index is 435. The highest BCUT2D eigenvalue weighted by atomic mass is 79.9. The molecule has 1 aromatic carbocycles. The number of rotatable bonds is 4. The number of ether oxygens (including phenoxy) is 1. The molecule has 17 heavy (non-hydrogen) atoms. The molecule has 0 fully saturated rings. The Kier molecular flexibility index (Phi) is 5.37. The maximum absolute atomic E-state index is 5.65. The molecule has 0 aromatic heterocycles. The van der Waals surface area contributed by atoms with Crippen molar-refractivity contribution in [1.29, 1.82) is 0 Å². The summed E-state index contributed by atoms with van der Waals surface area (Å²) in [4.78, 5) is 0. The third kappa shape index (κ3) is 5.14. The summed E-state index contributed by atoms with van der Waals surface area (Å²) in [5, 5.41) is 4.04. The Morgan fingerprint density at radius 2 is 2.29 bits per heavy atom. The minimum absolute atomic E-state index is 0.104. The molecule has 0 unspecified atom stereocenters. The maximum atomic E-state index is 5.65. The lowest BCUT2D eigenvalue weighted by atomic mass is 10.2. The summed E-state index contributed by atoms with van der Waals surface area (Å²) in [5.41, 5.74) is 8.62. The molecule has 0 aliphatic carbocycles. The Labute approximate surface area is 114 Å². The van der Waals surface area contributed by atoms with Crippen LogP contribution in [0.5, 0.6) is 5.75 Å². The molecule has 0 saturated heterocycles. The lowest BCUT2D eigenvalue weighted by Gasteiger charge is -2.12. The molecule has 1 rings (SSSR count). The number of nitrogens with two attached hydrogens (primary N) is 1. The summed E-state index contributed by atoms with van der Waals surface area (Å²) < 4.78 is 6.60. The quantitative estimate of drug-likeness (QED) is 0.509. The largest absolute Gasteiger partial charge is 0.490 e. The zero-order valence-corrected chi connectivity index (χ0v) is 12.0. The van der Waals surface area contributed by atoms with Crippen LogP contribution >= 0.6 is 28.1 Å². The van der Waals surface area contributed by atoms with E-state index in [9.17, 15) is 0 Å². The molecular weight excluding hydrogens is 302 g/mol. The molecule has 0 bridgehead atoms. The topological polar surface area (TPSA) is 59.6 Å². The first-order chi connectivity index (χ1) is 7.99. The summed E-state index contributed by atoms with van der Waals surface area (Å²) in [5.74, 6) is 0.761. The van der Waals surface area contributed by atoms with Gasteiger partial charge in [0.15, 0.2) is 5.11 Å². The maximum Gasteiger partial charge on any atom is 0.184 e. The first kappa shape index (κ1) is 13.9. The molecule has 0 saturated carbocycles. The SMILES string of the molecule is CC(C)Oc1ccc(Br)cc1/C=N/NC(N)=S. The molecule has 92 valence electrons. The lowest BCUT2D eigenvalue weighted by molar-refractivity contribution is 0.242. The molecule has 0 radical (unpaired) electrons. The van der Waals surface area contributed by atoms with Gasteiger partial charge < -0.3 is 10.5 Å². The Balaban J connectivity index is 2.90. The van der Waals surface area contributed by atoms with Crippen LogP contribution in [-0.4, -0.2) is 17.4 Å². The standard InChI is InChI=1S/C11H14BrN3OS/c1-7(2)16-10-4-3-9(12)5-8(10)6-14-15-11(13)17/h3-7H,1-2H3,(H3,13,15,17)/b14-6+. The summed E-state index contributed by atoms with van der Waals surface area (Å²) >= 11 is 8.05. The fourth-order valence-corrected chi connectivity index (χ4v) is 1.58. The van der Waals surface area contributed by atoms with E-state index >= 15 is 0 Å². The molecule has 0 atom stereocenters. The summed E-state index contributed by atoms with van der Waals surface area (Å²) in [7, 11) is 0. The average Bonchev–Trinajstić information content (AvgIpc) is 2.21. The average molecular weight is 316 g/mol. The molecule has 0 spiro atoms. The minimum Gasteiger partial charge on any atom is -0.490 e. The van der Waals surface area contributed by atoms with Crippen molar-refractivity contribution >= 4 is 39.5 Å². The van der Waals surface area contributed by atoms with Crippen molar-refractivity contribution in [2.75, 3.05) is 0 Å². The molecule has 0 aliphatic heterocycles. The highest BCUT2D eigenvalue weighted by molar-refractivity contribution is 9.10. The van der Waals surface area contributed by atoms with Crippen molar-refractivity contribution in [2.24, 2.45) is 10.8 Å². The van der Waals surface area contributed by atoms with Crippen LogP contribution in [0.3, 0.4) is 0 Å². The van der Waals surface area contributed by atoms with Gasteiger partial charge in [0.25, 0.3) is 0 Å². The Hall–Kier alpha value is -1.14. The van der Waals surface area contributed by atoms with Gasteiger partial charge in [-0.05, 0) is 44.3 Å². The Morgan fingerprint density at radius 1 is 1.59 bits per heavy atom. The lowest BCUT2D eigenvalue weighted by Crippen LogP contribution is -2.24. The third-order valence-corrected chi connectivity index (χ3v) is 2.30. The second-order valence-corrected chi connectivity index (χ2v) is 4.94. The fourth-order valence-electron chi connectivity index (χ4n) is 1.15. The monoisotopic (exact) mass is 315 g/mol. The van der Waals surface area contributed by atoms with E-state index in [0.717, 1.165) is 15.8 Å². The van der Waals surface area contributed by atoms with E-state index < -0.39 is 0 Å². The van der Waals surface area contributed by atoms with Gasteiger partial charge in [0.1, 0.15) is 5.75 Å². The van der Waals surface area contributed by atoms with Gasteiger partial charge in [-0.3, -0.25) is 5.43 Å². The van der Waals surface area contributed by atoms with Crippen LogP contribution in [0.4, 0.5) is 0 Å². The first-order valence-electron chi connectivity index (χ1n) is 5.03. The second-order valence-electron chi connectivity index (χ2n) is 3.58. The van der Waals surface area contributed by atoms with Crippen molar-refractivity contribution < 1.29 is 4.74 Å². The minimum atomic E-state index is 0.104. The molecule has 3 N–H and O–H groups in total. The number of hydrazone groups is 1. The van der Waals surface area contributed by atoms with Crippen LogP contribution in [0.15, 0.2) is 27.8 Å². The van der Waals surface area contributed by atoms with Crippen molar-refractivity contribution in [2.45, 2.75) is 20.0 Å². The smallest absolute Gasteiger partial charge is 0.184 e. The van der Waals surface area contributed by atoms with Crippen LogP contribution in [0, 0.1) is 0 Å². The van der Waals surface area contributed by atoms with Gasteiger partial charge in [0, 0.05) is 10.0 Å².